The van der Waals surface area contributed by atoms with Gasteiger partial charge < -0.3 is 11.2 Å². The van der Waals surface area contributed by atoms with E-state index in [-0.39, 0.29) is 9.80 Å². The van der Waals surface area contributed by atoms with Crippen molar-refractivity contribution in [3.05, 3.63) is 77.2 Å². The second-order valence-corrected chi connectivity index (χ2v) is 24.2. The second kappa shape index (κ2) is 19.8. The van der Waals surface area contributed by atoms with Gasteiger partial charge in [-0.2, -0.15) is 6.42 Å². The SMILES string of the molecule is CCCCCCCCCC[C-]=C(C(O)CCc1ccccc1)S(=O)(=O)c1ccccc1.[Cl][Ta]([Cl])[Cl]. The molecule has 0 saturated heterocycles. The van der Waals surface area contributed by atoms with Crippen LogP contribution in [0, 0.1) is 6.08 Å². The van der Waals surface area contributed by atoms with E-state index in [4.69, 9.17) is 27.6 Å². The fraction of sp³-hybridized carbons (Fsp3) is 0.481. The molecule has 1 atom stereocenters. The van der Waals surface area contributed by atoms with E-state index in [0.717, 1.165) is 18.4 Å². The van der Waals surface area contributed by atoms with Crippen LogP contribution in [0.2, 0.25) is 0 Å². The number of benzene rings is 2. The van der Waals surface area contributed by atoms with Gasteiger partial charge in [0.1, 0.15) is 0 Å². The van der Waals surface area contributed by atoms with Gasteiger partial charge in [0.05, 0.1) is 11.0 Å². The van der Waals surface area contributed by atoms with Crippen LogP contribution in [0.4, 0.5) is 0 Å². The number of rotatable bonds is 15. The van der Waals surface area contributed by atoms with Gasteiger partial charge in [0.15, 0.2) is 9.84 Å². The Morgan fingerprint density at radius 3 is 1.89 bits per heavy atom. The zero-order valence-electron chi connectivity index (χ0n) is 20.4. The van der Waals surface area contributed by atoms with Gasteiger partial charge in [0.25, 0.3) is 0 Å². The molecule has 3 nitrogen and oxygen atoms in total. The van der Waals surface area contributed by atoms with Crippen LogP contribution in [0.15, 0.2) is 70.5 Å². The van der Waals surface area contributed by atoms with Gasteiger partial charge in [-0.3, -0.25) is 0 Å². The first kappa shape index (κ1) is 32.7. The molecule has 0 amide bonds. The van der Waals surface area contributed by atoms with Gasteiger partial charge in [0.2, 0.25) is 0 Å². The number of aliphatic hydroxyl groups is 1. The van der Waals surface area contributed by atoms with Crippen molar-refractivity contribution in [2.24, 2.45) is 0 Å². The van der Waals surface area contributed by atoms with Crippen molar-refractivity contribution in [2.75, 3.05) is 0 Å². The molecule has 35 heavy (non-hydrogen) atoms. The Kier molecular flexibility index (Phi) is 18.5. The number of sulfone groups is 1. The normalized spacial score (nSPS) is 12.8. The third kappa shape index (κ3) is 14.9. The summed E-state index contributed by atoms with van der Waals surface area (Å²) in [7, 11) is 11.3. The average molecular weight is 729 g/mol. The Morgan fingerprint density at radius 2 is 1.34 bits per heavy atom. The van der Waals surface area contributed by atoms with Crippen molar-refractivity contribution in [1.82, 2.24) is 0 Å². The molecule has 8 heteroatoms. The standard InChI is InChI=1S/C27H37O3S.3ClH.Ta/c1-2-3-4-5-6-7-8-9-16-21-27(31(29,30)25-19-14-11-15-20-25)26(28)23-22-24-17-12-10-13-18-24;;;;/h10-15,17-20,26,28H,2-9,16,22-23H2,1H3;3*1H;/q-1;;;;+3/p-3. The minimum absolute atomic E-state index is 0.0255. The number of aliphatic hydroxyl groups excluding tert-OH is 1. The van der Waals surface area contributed by atoms with Crippen LogP contribution >= 0.6 is 27.6 Å². The molecule has 0 heterocycles. The molecule has 0 bridgehead atoms. The molecule has 0 spiro atoms. The number of aryl methyl sites for hydroxylation is 1. The Bertz CT molecular complexity index is 920. The van der Waals surface area contributed by atoms with Gasteiger partial charge in [-0.05, 0) is 30.5 Å². The molecule has 2 rings (SSSR count). The molecule has 0 aliphatic carbocycles. The molecule has 0 fully saturated rings. The number of unbranched alkanes of at least 4 members (excludes halogenated alkanes) is 8. The summed E-state index contributed by atoms with van der Waals surface area (Å²) in [5.74, 6) is 0. The molecule has 2 aromatic carbocycles. The monoisotopic (exact) mass is 727 g/mol. The van der Waals surface area contributed by atoms with Crippen LogP contribution in [0.25, 0.3) is 0 Å². The summed E-state index contributed by atoms with van der Waals surface area (Å²) < 4.78 is 26.4. The molecule has 0 aromatic heterocycles. The maximum absolute atomic E-state index is 13.2. The topological polar surface area (TPSA) is 54.4 Å². The van der Waals surface area contributed by atoms with Crippen molar-refractivity contribution >= 4 is 37.4 Å². The molecular formula is C27H37Cl3O3STa-. The van der Waals surface area contributed by atoms with Crippen molar-refractivity contribution < 1.29 is 28.7 Å². The summed E-state index contributed by atoms with van der Waals surface area (Å²) in [5, 5.41) is 10.8. The first-order valence-electron chi connectivity index (χ1n) is 12.2. The summed E-state index contributed by atoms with van der Waals surface area (Å²) in [4.78, 5) is 0.241. The van der Waals surface area contributed by atoms with E-state index in [1.165, 1.54) is 38.5 Å². The number of hydrogen-bond acceptors (Lipinski definition) is 3. The van der Waals surface area contributed by atoms with E-state index in [9.17, 15) is 13.5 Å². The third-order valence-corrected chi connectivity index (χ3v) is 7.41. The van der Waals surface area contributed by atoms with Crippen molar-refractivity contribution in [3.63, 3.8) is 0 Å². The molecule has 1 unspecified atom stereocenters. The third-order valence-electron chi connectivity index (χ3n) is 5.52. The summed E-state index contributed by atoms with van der Waals surface area (Å²) in [6.07, 6.45) is 13.1. The van der Waals surface area contributed by atoms with Gasteiger partial charge in [-0.15, -0.1) is 4.91 Å². The number of hydrogen-bond donors (Lipinski definition) is 1. The zero-order valence-corrected chi connectivity index (χ0v) is 26.7. The molecule has 0 saturated carbocycles. The summed E-state index contributed by atoms with van der Waals surface area (Å²) in [5.41, 5.74) is 1.08. The predicted octanol–water partition coefficient (Wildman–Crippen LogP) is 8.74. The first-order chi connectivity index (χ1) is 16.8. The Balaban J connectivity index is 0.00000142. The van der Waals surface area contributed by atoms with E-state index >= 15 is 0 Å². The quantitative estimate of drug-likeness (QED) is 0.148. The number of halogens is 3. The van der Waals surface area contributed by atoms with Gasteiger partial charge in [0, 0.05) is 0 Å². The Labute approximate surface area is 230 Å². The molecular weight excluding hydrogens is 692 g/mol. The molecule has 1 N–H and O–H groups in total. The van der Waals surface area contributed by atoms with E-state index in [2.05, 4.69) is 13.0 Å². The Hall–Kier alpha value is -0.300. The van der Waals surface area contributed by atoms with Crippen molar-refractivity contribution in [2.45, 2.75) is 88.6 Å². The maximum atomic E-state index is 13.2. The van der Waals surface area contributed by atoms with E-state index in [1.54, 1.807) is 30.3 Å². The summed E-state index contributed by atoms with van der Waals surface area (Å²) >= 11 is -2.18. The summed E-state index contributed by atoms with van der Waals surface area (Å²) in [6, 6.07) is 18.2. The Morgan fingerprint density at radius 1 is 0.857 bits per heavy atom. The molecule has 2 aromatic rings. The second-order valence-electron chi connectivity index (χ2n) is 8.31. The van der Waals surface area contributed by atoms with Crippen LogP contribution in [0.5, 0.6) is 0 Å². The van der Waals surface area contributed by atoms with E-state index < -0.39 is 31.1 Å². The van der Waals surface area contributed by atoms with E-state index in [1.807, 2.05) is 30.3 Å². The van der Waals surface area contributed by atoms with Gasteiger partial charge in [-0.1, -0.05) is 107 Å². The predicted molar refractivity (Wildman–Crippen MR) is 146 cm³/mol. The summed E-state index contributed by atoms with van der Waals surface area (Å²) in [6.45, 7) is 2.22. The molecule has 0 aliphatic rings. The van der Waals surface area contributed by atoms with Crippen molar-refractivity contribution in [3.8, 4) is 0 Å². The number of allylic oxidation sites excluding steroid dienone is 1. The average Bonchev–Trinajstić information content (AvgIpc) is 2.84. The zero-order chi connectivity index (χ0) is 25.9. The van der Waals surface area contributed by atoms with Crippen LogP contribution in [-0.2, 0) is 31.5 Å². The fourth-order valence-electron chi connectivity index (χ4n) is 3.67. The van der Waals surface area contributed by atoms with E-state index in [0.29, 0.717) is 19.3 Å². The fourth-order valence-corrected chi connectivity index (χ4v) is 5.21. The van der Waals surface area contributed by atoms with Crippen LogP contribution in [0.1, 0.15) is 76.7 Å². The first-order valence-corrected chi connectivity index (χ1v) is 25.6. The van der Waals surface area contributed by atoms with Crippen molar-refractivity contribution in [1.29, 1.82) is 0 Å². The van der Waals surface area contributed by atoms with Gasteiger partial charge >= 0.3 is 42.8 Å². The molecule has 0 aliphatic heterocycles. The van der Waals surface area contributed by atoms with Crippen LogP contribution in [0.3, 0.4) is 0 Å². The molecule has 196 valence electrons. The molecule has 0 radical (unpaired) electrons. The van der Waals surface area contributed by atoms with Gasteiger partial charge in [-0.25, -0.2) is 8.42 Å². The minimum atomic E-state index is -3.76. The van der Waals surface area contributed by atoms with Crippen LogP contribution < -0.4 is 0 Å². The van der Waals surface area contributed by atoms with Crippen LogP contribution in [-0.4, -0.2) is 19.6 Å².